The first-order valence-electron chi connectivity index (χ1n) is 4.50. The lowest BCUT2D eigenvalue weighted by Gasteiger charge is -1.97. The summed E-state index contributed by atoms with van der Waals surface area (Å²) in [7, 11) is 0. The Kier molecular flexibility index (Phi) is 2.12. The summed E-state index contributed by atoms with van der Waals surface area (Å²) in [6.45, 7) is 1.62. The highest BCUT2D eigenvalue weighted by atomic mass is 16.6. The zero-order valence-electron chi connectivity index (χ0n) is 8.35. The van der Waals surface area contributed by atoms with Crippen molar-refractivity contribution in [3.63, 3.8) is 0 Å². The molecule has 0 aliphatic rings. The van der Waals surface area contributed by atoms with Gasteiger partial charge in [-0.1, -0.05) is 6.07 Å². The van der Waals surface area contributed by atoms with E-state index >= 15 is 0 Å². The molecular weight excluding hydrogens is 212 g/mol. The fraction of sp³-hybridized carbons (Fsp3) is 0.100. The Labute approximate surface area is 89.7 Å². The van der Waals surface area contributed by atoms with Crippen LogP contribution in [0.15, 0.2) is 18.2 Å². The number of carbonyl (C=O) groups is 1. The smallest absolute Gasteiger partial charge is 0.352 e. The molecule has 0 saturated carbocycles. The Hall–Kier alpha value is -2.37. The van der Waals surface area contributed by atoms with Crippen LogP contribution in [0.25, 0.3) is 10.9 Å². The lowest BCUT2D eigenvalue weighted by molar-refractivity contribution is -0.383. The molecule has 0 saturated heterocycles. The first-order chi connectivity index (χ1) is 7.50. The average molecular weight is 220 g/mol. The molecule has 1 aromatic carbocycles. The van der Waals surface area contributed by atoms with Gasteiger partial charge in [-0.3, -0.25) is 10.1 Å². The van der Waals surface area contributed by atoms with E-state index in [-0.39, 0.29) is 11.4 Å². The van der Waals surface area contributed by atoms with E-state index < -0.39 is 10.9 Å². The summed E-state index contributed by atoms with van der Waals surface area (Å²) in [6, 6.07) is 4.50. The van der Waals surface area contributed by atoms with Crippen molar-refractivity contribution in [3.8, 4) is 0 Å². The van der Waals surface area contributed by atoms with Crippen LogP contribution in [0.4, 0.5) is 5.69 Å². The average Bonchev–Trinajstić information content (AvgIpc) is 2.60. The minimum absolute atomic E-state index is 0.0521. The van der Waals surface area contributed by atoms with Crippen molar-refractivity contribution in [2.45, 2.75) is 6.92 Å². The summed E-state index contributed by atoms with van der Waals surface area (Å²) in [4.78, 5) is 23.7. The van der Waals surface area contributed by atoms with Crippen LogP contribution in [0.5, 0.6) is 0 Å². The van der Waals surface area contributed by atoms with Gasteiger partial charge >= 0.3 is 5.97 Å². The van der Waals surface area contributed by atoms with Crippen LogP contribution in [-0.4, -0.2) is 21.0 Å². The highest BCUT2D eigenvalue weighted by molar-refractivity contribution is 5.98. The van der Waals surface area contributed by atoms with Gasteiger partial charge in [-0.2, -0.15) is 0 Å². The molecule has 0 aliphatic carbocycles. The zero-order chi connectivity index (χ0) is 11.9. The van der Waals surface area contributed by atoms with Crippen molar-refractivity contribution >= 4 is 22.6 Å². The van der Waals surface area contributed by atoms with Crippen LogP contribution >= 0.6 is 0 Å². The number of hydrogen-bond acceptors (Lipinski definition) is 3. The molecule has 0 fully saturated rings. The van der Waals surface area contributed by atoms with Gasteiger partial charge in [0.15, 0.2) is 0 Å². The minimum atomic E-state index is -1.14. The largest absolute Gasteiger partial charge is 0.477 e. The molecular formula is C10H8N2O4. The first kappa shape index (κ1) is 10.2. The van der Waals surface area contributed by atoms with Crippen molar-refractivity contribution in [2.24, 2.45) is 0 Å². The number of benzene rings is 1. The SMILES string of the molecule is Cc1ccc2[nH]c(C(=O)O)cc2c1[N+](=O)[O-]. The fourth-order valence-corrected chi connectivity index (χ4v) is 1.66. The molecule has 0 bridgehead atoms. The number of H-pyrrole nitrogens is 1. The number of aromatic nitrogens is 1. The minimum Gasteiger partial charge on any atom is -0.477 e. The number of nitro benzene ring substituents is 1. The van der Waals surface area contributed by atoms with E-state index in [1.807, 2.05) is 0 Å². The summed E-state index contributed by atoms with van der Waals surface area (Å²) < 4.78 is 0. The fourth-order valence-electron chi connectivity index (χ4n) is 1.66. The lowest BCUT2D eigenvalue weighted by atomic mass is 10.1. The van der Waals surface area contributed by atoms with Gasteiger partial charge in [0, 0.05) is 5.56 Å². The predicted octanol–water partition coefficient (Wildman–Crippen LogP) is 2.08. The second kappa shape index (κ2) is 3.34. The number of nitrogens with one attached hydrogen (secondary N) is 1. The number of nitrogens with zero attached hydrogens (tertiary/aromatic N) is 1. The van der Waals surface area contributed by atoms with Crippen molar-refractivity contribution in [1.82, 2.24) is 4.98 Å². The van der Waals surface area contributed by atoms with Gasteiger partial charge in [-0.15, -0.1) is 0 Å². The van der Waals surface area contributed by atoms with Crippen LogP contribution in [0.3, 0.4) is 0 Å². The molecule has 2 rings (SSSR count). The third kappa shape index (κ3) is 1.40. The highest BCUT2D eigenvalue weighted by Gasteiger charge is 2.19. The van der Waals surface area contributed by atoms with E-state index in [2.05, 4.69) is 4.98 Å². The Morgan fingerprint density at radius 2 is 2.19 bits per heavy atom. The monoisotopic (exact) mass is 220 g/mol. The number of rotatable bonds is 2. The van der Waals surface area contributed by atoms with Crippen molar-refractivity contribution < 1.29 is 14.8 Å². The number of aromatic carboxylic acids is 1. The lowest BCUT2D eigenvalue weighted by Crippen LogP contribution is -1.94. The Morgan fingerprint density at radius 3 is 2.75 bits per heavy atom. The number of carboxylic acids is 1. The normalized spacial score (nSPS) is 10.6. The van der Waals surface area contributed by atoms with E-state index in [0.717, 1.165) is 0 Å². The van der Waals surface area contributed by atoms with Crippen LogP contribution in [0.1, 0.15) is 16.1 Å². The quantitative estimate of drug-likeness (QED) is 0.598. The van der Waals surface area contributed by atoms with Crippen LogP contribution < -0.4 is 0 Å². The predicted molar refractivity (Wildman–Crippen MR) is 56.6 cm³/mol. The molecule has 2 aromatic rings. The van der Waals surface area contributed by atoms with E-state index in [9.17, 15) is 14.9 Å². The Balaban J connectivity index is 2.82. The van der Waals surface area contributed by atoms with Gasteiger partial charge in [-0.25, -0.2) is 4.79 Å². The van der Waals surface area contributed by atoms with Crippen LogP contribution in [0.2, 0.25) is 0 Å². The molecule has 1 aromatic heterocycles. The number of hydrogen-bond donors (Lipinski definition) is 2. The molecule has 1 heterocycles. The first-order valence-corrected chi connectivity index (χ1v) is 4.50. The summed E-state index contributed by atoms with van der Waals surface area (Å²) in [5, 5.41) is 20.0. The molecule has 0 atom stereocenters. The molecule has 2 N–H and O–H groups in total. The molecule has 0 unspecified atom stereocenters. The van der Waals surface area contributed by atoms with E-state index in [1.54, 1.807) is 19.1 Å². The maximum Gasteiger partial charge on any atom is 0.352 e. The van der Waals surface area contributed by atoms with Gasteiger partial charge in [0.2, 0.25) is 0 Å². The van der Waals surface area contributed by atoms with Gasteiger partial charge in [0.05, 0.1) is 15.8 Å². The van der Waals surface area contributed by atoms with Crippen LogP contribution in [-0.2, 0) is 0 Å². The maximum atomic E-state index is 10.9. The molecule has 0 radical (unpaired) electrons. The number of fused-ring (bicyclic) bond motifs is 1. The zero-order valence-corrected chi connectivity index (χ0v) is 8.35. The number of aromatic amines is 1. The van der Waals surface area contributed by atoms with Crippen LogP contribution in [0, 0.1) is 17.0 Å². The van der Waals surface area contributed by atoms with Gasteiger partial charge in [-0.05, 0) is 19.1 Å². The second-order valence-electron chi connectivity index (χ2n) is 3.44. The van der Waals surface area contributed by atoms with E-state index in [1.165, 1.54) is 6.07 Å². The van der Waals surface area contributed by atoms with Crippen molar-refractivity contribution in [2.75, 3.05) is 0 Å². The molecule has 0 aliphatic heterocycles. The Bertz CT molecular complexity index is 600. The summed E-state index contributed by atoms with van der Waals surface area (Å²) in [6.07, 6.45) is 0. The highest BCUT2D eigenvalue weighted by Crippen LogP contribution is 2.29. The summed E-state index contributed by atoms with van der Waals surface area (Å²) in [5.41, 5.74) is 0.855. The van der Waals surface area contributed by atoms with Crippen molar-refractivity contribution in [3.05, 3.63) is 39.6 Å². The maximum absolute atomic E-state index is 10.9. The van der Waals surface area contributed by atoms with E-state index in [0.29, 0.717) is 16.5 Å². The second-order valence-corrected chi connectivity index (χ2v) is 3.44. The third-order valence-corrected chi connectivity index (χ3v) is 2.39. The number of aryl methyl sites for hydroxylation is 1. The van der Waals surface area contributed by atoms with Gasteiger partial charge in [0.1, 0.15) is 5.69 Å². The number of nitro groups is 1. The Morgan fingerprint density at radius 1 is 1.50 bits per heavy atom. The van der Waals surface area contributed by atoms with Gasteiger partial charge < -0.3 is 10.1 Å². The third-order valence-electron chi connectivity index (χ3n) is 2.39. The molecule has 82 valence electrons. The number of carboxylic acid groups (broad SMARTS) is 1. The molecule has 6 heteroatoms. The summed E-state index contributed by atoms with van der Waals surface area (Å²) >= 11 is 0. The summed E-state index contributed by atoms with van der Waals surface area (Å²) in [5.74, 6) is -1.14. The van der Waals surface area contributed by atoms with Gasteiger partial charge in [0.25, 0.3) is 5.69 Å². The topological polar surface area (TPSA) is 96.2 Å². The molecule has 0 spiro atoms. The molecule has 6 nitrogen and oxygen atoms in total. The van der Waals surface area contributed by atoms with E-state index in [4.69, 9.17) is 5.11 Å². The molecule has 0 amide bonds. The molecule has 16 heavy (non-hydrogen) atoms. The van der Waals surface area contributed by atoms with Crippen molar-refractivity contribution in [1.29, 1.82) is 0 Å². The standard InChI is InChI=1S/C10H8N2O4/c1-5-2-3-7-6(9(5)12(15)16)4-8(11-7)10(13)14/h2-4,11H,1H3,(H,13,14).